The zero-order valence-corrected chi connectivity index (χ0v) is 22.4. The van der Waals surface area contributed by atoms with Crippen molar-refractivity contribution in [2.75, 3.05) is 16.6 Å². The minimum absolute atomic E-state index is 0.00552. The Kier molecular flexibility index (Phi) is 8.26. The summed E-state index contributed by atoms with van der Waals surface area (Å²) in [7, 11) is -3.88. The molecular weight excluding hydrogens is 498 g/mol. The summed E-state index contributed by atoms with van der Waals surface area (Å²) in [6.07, 6.45) is 0. The van der Waals surface area contributed by atoms with Gasteiger partial charge in [-0.15, -0.1) is 0 Å². The van der Waals surface area contributed by atoms with Gasteiger partial charge in [0.25, 0.3) is 15.9 Å². The van der Waals surface area contributed by atoms with E-state index in [4.69, 9.17) is 17.0 Å². The van der Waals surface area contributed by atoms with Crippen LogP contribution in [0.15, 0.2) is 59.5 Å². The van der Waals surface area contributed by atoms with Crippen molar-refractivity contribution in [3.63, 3.8) is 0 Å². The van der Waals surface area contributed by atoms with Gasteiger partial charge in [0, 0.05) is 17.1 Å². The number of benzene rings is 2. The molecule has 0 aliphatic rings. The third-order valence-electron chi connectivity index (χ3n) is 4.97. The van der Waals surface area contributed by atoms with Crippen molar-refractivity contribution < 1.29 is 17.9 Å². The highest BCUT2D eigenvalue weighted by Crippen LogP contribution is 2.24. The van der Waals surface area contributed by atoms with Crippen molar-refractivity contribution in [1.29, 1.82) is 0 Å². The lowest BCUT2D eigenvalue weighted by atomic mass is 9.87. The van der Waals surface area contributed by atoms with E-state index in [1.165, 1.54) is 24.3 Å². The second kappa shape index (κ2) is 11.0. The highest BCUT2D eigenvalue weighted by molar-refractivity contribution is 7.92. The first kappa shape index (κ1) is 27.0. The second-order valence-corrected chi connectivity index (χ2v) is 11.3. The summed E-state index contributed by atoms with van der Waals surface area (Å²) in [4.78, 5) is 20.4. The molecule has 0 radical (unpaired) electrons. The number of nitrogens with zero attached hydrogens (tertiary/aromatic N) is 2. The van der Waals surface area contributed by atoms with Crippen molar-refractivity contribution in [3.05, 3.63) is 71.5 Å². The molecule has 9 nitrogen and oxygen atoms in total. The molecule has 0 spiro atoms. The van der Waals surface area contributed by atoms with Crippen LogP contribution in [0, 0.1) is 13.8 Å². The molecule has 2 aromatic carbocycles. The average Bonchev–Trinajstić information content (AvgIpc) is 2.76. The third-order valence-corrected chi connectivity index (χ3v) is 6.52. The Hall–Kier alpha value is -3.57. The third kappa shape index (κ3) is 7.72. The first-order valence-electron chi connectivity index (χ1n) is 11.1. The molecule has 3 N–H and O–H groups in total. The van der Waals surface area contributed by atoms with Gasteiger partial charge in [-0.1, -0.05) is 32.9 Å². The molecular formula is C25H29N5O4S2. The van der Waals surface area contributed by atoms with E-state index in [2.05, 4.69) is 46.1 Å². The normalized spacial score (nSPS) is 11.5. The van der Waals surface area contributed by atoms with Crippen LogP contribution in [0.2, 0.25) is 0 Å². The van der Waals surface area contributed by atoms with E-state index in [9.17, 15) is 13.2 Å². The van der Waals surface area contributed by atoms with Crippen LogP contribution in [0.25, 0.3) is 0 Å². The molecule has 0 saturated carbocycles. The van der Waals surface area contributed by atoms with Gasteiger partial charge < -0.3 is 10.1 Å². The lowest BCUT2D eigenvalue weighted by Gasteiger charge is -2.19. The number of nitrogens with one attached hydrogen (secondary N) is 3. The van der Waals surface area contributed by atoms with Crippen molar-refractivity contribution in [3.8, 4) is 5.75 Å². The SMILES string of the molecule is Cc1cc(C)nc(NS(=O)(=O)c2ccc(NC(=S)NC(=O)COc3ccc(C(C)(C)C)cc3)cc2)n1. The maximum atomic E-state index is 12.7. The zero-order chi connectivity index (χ0) is 26.5. The Bertz CT molecular complexity index is 1330. The van der Waals surface area contributed by atoms with Crippen LogP contribution >= 0.6 is 12.2 Å². The molecule has 0 unspecified atom stereocenters. The number of carbonyl (C=O) groups is 1. The van der Waals surface area contributed by atoms with Gasteiger partial charge in [0.1, 0.15) is 5.75 Å². The molecule has 3 rings (SSSR count). The van der Waals surface area contributed by atoms with Gasteiger partial charge in [-0.25, -0.2) is 23.1 Å². The fourth-order valence-corrected chi connectivity index (χ4v) is 4.37. The highest BCUT2D eigenvalue weighted by atomic mass is 32.2. The lowest BCUT2D eigenvalue weighted by Crippen LogP contribution is -2.37. The molecule has 1 heterocycles. The summed E-state index contributed by atoms with van der Waals surface area (Å²) in [5.41, 5.74) is 3.00. The van der Waals surface area contributed by atoms with E-state index in [0.29, 0.717) is 22.8 Å². The summed E-state index contributed by atoms with van der Waals surface area (Å²) < 4.78 is 33.2. The smallest absolute Gasteiger partial charge is 0.264 e. The van der Waals surface area contributed by atoms with E-state index < -0.39 is 15.9 Å². The maximum Gasteiger partial charge on any atom is 0.264 e. The molecule has 1 amide bonds. The Balaban J connectivity index is 1.51. The molecule has 3 aromatic rings. The highest BCUT2D eigenvalue weighted by Gasteiger charge is 2.17. The van der Waals surface area contributed by atoms with Gasteiger partial charge in [0.15, 0.2) is 11.7 Å². The number of carbonyl (C=O) groups excluding carboxylic acids is 1. The van der Waals surface area contributed by atoms with Gasteiger partial charge in [-0.3, -0.25) is 10.1 Å². The molecule has 0 aliphatic heterocycles. The number of aromatic nitrogens is 2. The van der Waals surface area contributed by atoms with Gasteiger partial charge in [0.05, 0.1) is 4.90 Å². The Morgan fingerprint density at radius 2 is 1.56 bits per heavy atom. The molecule has 190 valence electrons. The van der Waals surface area contributed by atoms with Crippen LogP contribution in [0.5, 0.6) is 5.75 Å². The standard InChI is InChI=1S/C25H29N5O4S2/c1-16-14-17(2)27-23(26-16)30-36(32,33)21-12-8-19(9-13-21)28-24(35)29-22(31)15-34-20-10-6-18(7-11-20)25(3,4)5/h6-14H,15H2,1-5H3,(H,26,27,30)(H2,28,29,31,35). The molecule has 11 heteroatoms. The number of thiocarbonyl (C=S) groups is 1. The van der Waals surface area contributed by atoms with Gasteiger partial charge >= 0.3 is 0 Å². The lowest BCUT2D eigenvalue weighted by molar-refractivity contribution is -0.121. The van der Waals surface area contributed by atoms with Crippen LogP contribution in [0.4, 0.5) is 11.6 Å². The monoisotopic (exact) mass is 527 g/mol. The Morgan fingerprint density at radius 3 is 2.11 bits per heavy atom. The minimum atomic E-state index is -3.88. The number of hydrogen-bond donors (Lipinski definition) is 3. The number of sulfonamides is 1. The van der Waals surface area contributed by atoms with Crippen LogP contribution in [0.3, 0.4) is 0 Å². The fourth-order valence-electron chi connectivity index (χ4n) is 3.19. The molecule has 0 bridgehead atoms. The van der Waals surface area contributed by atoms with Crippen LogP contribution in [-0.2, 0) is 20.2 Å². The number of hydrogen-bond acceptors (Lipinski definition) is 7. The molecule has 0 aliphatic carbocycles. The van der Waals surface area contributed by atoms with E-state index >= 15 is 0 Å². The number of aryl methyl sites for hydroxylation is 2. The van der Waals surface area contributed by atoms with E-state index in [-0.39, 0.29) is 28.0 Å². The summed E-state index contributed by atoms with van der Waals surface area (Å²) in [6, 6.07) is 15.2. The van der Waals surface area contributed by atoms with Crippen molar-refractivity contribution in [1.82, 2.24) is 15.3 Å². The van der Waals surface area contributed by atoms with Crippen LogP contribution in [-0.4, -0.2) is 36.0 Å². The van der Waals surface area contributed by atoms with Crippen molar-refractivity contribution in [2.45, 2.75) is 44.9 Å². The fraction of sp³-hybridized carbons (Fsp3) is 0.280. The van der Waals surface area contributed by atoms with Crippen molar-refractivity contribution in [2.24, 2.45) is 0 Å². The van der Waals surface area contributed by atoms with E-state index in [1.807, 2.05) is 24.3 Å². The minimum Gasteiger partial charge on any atom is -0.484 e. The summed E-state index contributed by atoms with van der Waals surface area (Å²) in [5, 5.41) is 5.43. The topological polar surface area (TPSA) is 122 Å². The predicted molar refractivity (Wildman–Crippen MR) is 144 cm³/mol. The number of anilines is 2. The predicted octanol–water partition coefficient (Wildman–Crippen LogP) is 4.08. The Morgan fingerprint density at radius 1 is 0.972 bits per heavy atom. The zero-order valence-electron chi connectivity index (χ0n) is 20.7. The molecule has 0 saturated heterocycles. The Labute approximate surface area is 216 Å². The maximum absolute atomic E-state index is 12.7. The first-order valence-corrected chi connectivity index (χ1v) is 13.0. The quantitative estimate of drug-likeness (QED) is 0.393. The van der Waals surface area contributed by atoms with E-state index in [0.717, 1.165) is 5.56 Å². The van der Waals surface area contributed by atoms with Gasteiger partial charge in [0.2, 0.25) is 5.95 Å². The largest absolute Gasteiger partial charge is 0.484 e. The summed E-state index contributed by atoms with van der Waals surface area (Å²) in [6.45, 7) is 9.66. The van der Waals surface area contributed by atoms with E-state index in [1.54, 1.807) is 19.9 Å². The molecule has 0 fully saturated rings. The summed E-state index contributed by atoms with van der Waals surface area (Å²) >= 11 is 5.17. The average molecular weight is 528 g/mol. The molecule has 36 heavy (non-hydrogen) atoms. The van der Waals surface area contributed by atoms with Crippen molar-refractivity contribution >= 4 is 44.9 Å². The summed E-state index contributed by atoms with van der Waals surface area (Å²) in [5.74, 6) is 0.156. The second-order valence-electron chi connectivity index (χ2n) is 9.17. The first-order chi connectivity index (χ1) is 16.8. The number of ether oxygens (including phenoxy) is 1. The van der Waals surface area contributed by atoms with Crippen LogP contribution < -0.4 is 20.1 Å². The van der Waals surface area contributed by atoms with Gasteiger partial charge in [-0.05, 0) is 79.5 Å². The number of amides is 1. The van der Waals surface area contributed by atoms with Gasteiger partial charge in [-0.2, -0.15) is 0 Å². The van der Waals surface area contributed by atoms with Crippen LogP contribution in [0.1, 0.15) is 37.7 Å². The molecule has 0 atom stereocenters. The molecule has 1 aromatic heterocycles. The number of rotatable bonds is 7.